The number of aromatic nitrogens is 11. The van der Waals surface area contributed by atoms with Crippen LogP contribution in [0, 0.1) is 10.8 Å². The second-order valence-electron chi connectivity index (χ2n) is 19.1. The van der Waals surface area contributed by atoms with Crippen molar-refractivity contribution in [1.29, 1.82) is 0 Å². The highest BCUT2D eigenvalue weighted by atomic mass is 16.6. The number of rotatable bonds is 28. The van der Waals surface area contributed by atoms with Crippen LogP contribution in [0.2, 0.25) is 0 Å². The van der Waals surface area contributed by atoms with Gasteiger partial charge in [-0.2, -0.15) is 4.98 Å². The number of aliphatic hydroxyl groups is 4. The number of imidazole rings is 1. The molecule has 77 heavy (non-hydrogen) atoms. The normalized spacial score (nSPS) is 15.8. The van der Waals surface area contributed by atoms with Crippen molar-refractivity contribution in [2.24, 2.45) is 17.9 Å². The van der Waals surface area contributed by atoms with Gasteiger partial charge in [0.1, 0.15) is 66.3 Å². The average molecular weight is 1070 g/mol. The van der Waals surface area contributed by atoms with Crippen molar-refractivity contribution in [3.63, 3.8) is 0 Å². The number of aromatic amines is 1. The Bertz CT molecular complexity index is 3110. The molecule has 27 heteroatoms. The molecule has 1 fully saturated rings. The second kappa shape index (κ2) is 25.7. The highest BCUT2D eigenvalue weighted by Crippen LogP contribution is 2.37. The third-order valence-corrected chi connectivity index (χ3v) is 12.8. The number of hydrogen-bond acceptors (Lipinski definition) is 22. The molecule has 3 atom stereocenters. The summed E-state index contributed by atoms with van der Waals surface area (Å²) in [6.07, 6.45) is 6.78. The Kier molecular flexibility index (Phi) is 18.9. The number of aryl methyl sites for hydroxylation is 3. The molecule has 0 radical (unpaired) electrons. The van der Waals surface area contributed by atoms with E-state index >= 15 is 0 Å². The number of fused-ring (bicyclic) bond motifs is 1. The maximum atomic E-state index is 13.5. The highest BCUT2D eigenvalue weighted by molar-refractivity contribution is 6.07. The lowest BCUT2D eigenvalue weighted by molar-refractivity contribution is -0.162. The number of nitrogens with two attached hydrogens (primary N) is 1. The van der Waals surface area contributed by atoms with E-state index in [0.29, 0.717) is 61.3 Å². The lowest BCUT2D eigenvalue weighted by Gasteiger charge is -2.21. The molecule has 7 N–H and O–H groups in total. The molecule has 0 unspecified atom stereocenters. The molecule has 0 aliphatic carbocycles. The Labute approximate surface area is 439 Å². The van der Waals surface area contributed by atoms with E-state index in [1.807, 2.05) is 29.9 Å². The molecule has 0 spiro atoms. The van der Waals surface area contributed by atoms with Gasteiger partial charge in [-0.3, -0.25) is 47.7 Å². The van der Waals surface area contributed by atoms with Crippen molar-refractivity contribution < 1.29 is 68.1 Å². The topological polar surface area (TPSA) is 368 Å². The maximum Gasteiger partial charge on any atom is 0.316 e. The van der Waals surface area contributed by atoms with Crippen molar-refractivity contribution in [1.82, 2.24) is 54.1 Å². The van der Waals surface area contributed by atoms with Crippen LogP contribution in [0.1, 0.15) is 92.5 Å². The Balaban J connectivity index is 1.02. The van der Waals surface area contributed by atoms with Gasteiger partial charge in [0.05, 0.1) is 38.8 Å². The quantitative estimate of drug-likeness (QED) is 0.0133. The third kappa shape index (κ3) is 14.3. The number of aliphatic hydroxyl groups excluding tert-OH is 4. The minimum Gasteiger partial charge on any atom is -0.463 e. The van der Waals surface area contributed by atoms with E-state index in [9.17, 15) is 49.2 Å². The maximum absolute atomic E-state index is 13.5. The Morgan fingerprint density at radius 3 is 2.01 bits per heavy atom. The molecule has 0 bridgehead atoms. The fourth-order valence-corrected chi connectivity index (χ4v) is 7.90. The summed E-state index contributed by atoms with van der Waals surface area (Å²) in [4.78, 5) is 89.7. The number of nitrogens with zero attached hydrogens (tertiary/aromatic N) is 10. The van der Waals surface area contributed by atoms with Crippen LogP contribution >= 0.6 is 0 Å². The lowest BCUT2D eigenvalue weighted by atomic mass is 9.93. The van der Waals surface area contributed by atoms with Crippen LogP contribution in [0.4, 0.5) is 5.95 Å². The molecule has 412 valence electrons. The molecule has 1 aromatic carbocycles. The molecule has 0 saturated carbocycles. The first-order valence-electron chi connectivity index (χ1n) is 24.7. The van der Waals surface area contributed by atoms with E-state index in [0.717, 1.165) is 5.69 Å². The van der Waals surface area contributed by atoms with Gasteiger partial charge in [0, 0.05) is 62.4 Å². The van der Waals surface area contributed by atoms with Gasteiger partial charge in [-0.1, -0.05) is 28.6 Å². The fraction of sp³-hybridized carbons (Fsp3) is 0.480. The molecule has 1 saturated heterocycles. The summed E-state index contributed by atoms with van der Waals surface area (Å²) in [6.45, 7) is 0.266. The number of nitrogen functional groups attached to an aromatic ring is 1. The van der Waals surface area contributed by atoms with Gasteiger partial charge in [0.2, 0.25) is 5.95 Å². The first kappa shape index (κ1) is 56.7. The van der Waals surface area contributed by atoms with Crippen molar-refractivity contribution in [3.8, 4) is 11.4 Å². The molecule has 7 rings (SSSR count). The minimum atomic E-state index is -1.47. The summed E-state index contributed by atoms with van der Waals surface area (Å²) in [5, 5.41) is 53.9. The van der Waals surface area contributed by atoms with Crippen molar-refractivity contribution in [3.05, 3.63) is 94.1 Å². The number of unbranched alkanes of at least 4 members (excludes halogenated alkanes) is 2. The van der Waals surface area contributed by atoms with Gasteiger partial charge in [-0.15, -0.1) is 10.2 Å². The number of ether oxygens (including phenoxy) is 5. The zero-order valence-electron chi connectivity index (χ0n) is 42.7. The molecular weight excluding hydrogens is 1010 g/mol. The van der Waals surface area contributed by atoms with E-state index in [-0.39, 0.29) is 67.8 Å². The van der Waals surface area contributed by atoms with Crippen LogP contribution in [-0.2, 0) is 76.2 Å². The Morgan fingerprint density at radius 2 is 1.43 bits per heavy atom. The summed E-state index contributed by atoms with van der Waals surface area (Å²) >= 11 is 0. The van der Waals surface area contributed by atoms with Crippen LogP contribution in [0.3, 0.4) is 0 Å². The van der Waals surface area contributed by atoms with Gasteiger partial charge in [-0.05, 0) is 69.9 Å². The smallest absolute Gasteiger partial charge is 0.316 e. The first-order chi connectivity index (χ1) is 37.0. The Morgan fingerprint density at radius 1 is 0.818 bits per heavy atom. The SMILES string of the molecule is Cn1cccc1/C=C/C(=O)c1cccc(-c2nc3c(=O)[nH]c(N)nc3n2[C@H]2C[C@H](OC(=O)CCCCn3cc(COC(=O)C(C)(CO)CO)nn3)[C@@H](COC(=O)CCCCn3cc(COC(=O)C(C)(CO)CO)nn3)O2)c1. The van der Waals surface area contributed by atoms with Crippen LogP contribution in [0.5, 0.6) is 0 Å². The van der Waals surface area contributed by atoms with Crippen molar-refractivity contribution in [2.45, 2.75) is 104 Å². The van der Waals surface area contributed by atoms with Gasteiger partial charge >= 0.3 is 23.9 Å². The van der Waals surface area contributed by atoms with E-state index in [2.05, 4.69) is 35.6 Å². The molecule has 6 heterocycles. The van der Waals surface area contributed by atoms with Gasteiger partial charge < -0.3 is 54.4 Å². The third-order valence-electron chi connectivity index (χ3n) is 12.8. The number of H-pyrrole nitrogens is 1. The zero-order valence-corrected chi connectivity index (χ0v) is 42.7. The number of carbonyl (C=O) groups excluding carboxylic acids is 5. The van der Waals surface area contributed by atoms with Crippen molar-refractivity contribution >= 4 is 52.8 Å². The summed E-state index contributed by atoms with van der Waals surface area (Å²) < 4.78 is 35.1. The molecule has 5 aromatic heterocycles. The van der Waals surface area contributed by atoms with Crippen LogP contribution in [0.25, 0.3) is 28.6 Å². The van der Waals surface area contributed by atoms with Gasteiger partial charge in [0.25, 0.3) is 5.56 Å². The first-order valence-corrected chi connectivity index (χ1v) is 24.7. The standard InChI is InChI=1S/C50H62N12O15/c1-49(27-63,28-64)46(71)74-24-33-22-60(57-55-33)18-6-4-13-40(68)73-26-38-37(77-41(69)14-5-7-19-61-23-34(56-58-61)25-75-47(72)50(2,29-65)30-66)21-39(76-38)62-43(52-42-44(62)53-48(51)54-45(42)70)32-11-8-10-31(20-32)36(67)16-15-35-12-9-17-59(35)3/h8-12,15-17,20,22-23,37-39,63-66H,4-7,13-14,18-19,21,24-30H2,1-3H3,(H3,51,53,54,70)/b16-15+/t37-,38+,39+/m0/s1. The van der Waals surface area contributed by atoms with E-state index in [1.165, 1.54) is 29.3 Å². The molecule has 0 amide bonds. The predicted molar refractivity (Wildman–Crippen MR) is 268 cm³/mol. The van der Waals surface area contributed by atoms with Crippen molar-refractivity contribution in [2.75, 3.05) is 38.8 Å². The monoisotopic (exact) mass is 1070 g/mol. The van der Waals surface area contributed by atoms with Crippen LogP contribution in [0.15, 0.2) is 65.9 Å². The largest absolute Gasteiger partial charge is 0.463 e. The number of benzene rings is 1. The molecule has 1 aliphatic rings. The highest BCUT2D eigenvalue weighted by Gasteiger charge is 2.42. The number of carbonyl (C=O) groups is 5. The van der Waals surface area contributed by atoms with Crippen LogP contribution in [-0.4, -0.2) is 149 Å². The number of nitrogens with one attached hydrogen (secondary N) is 1. The zero-order chi connectivity index (χ0) is 55.3. The van der Waals surface area contributed by atoms with Gasteiger partial charge in [-0.25, -0.2) is 4.98 Å². The lowest BCUT2D eigenvalue weighted by Crippen LogP contribution is -2.36. The summed E-state index contributed by atoms with van der Waals surface area (Å²) in [6, 6.07) is 10.4. The van der Waals surface area contributed by atoms with Gasteiger partial charge in [0.15, 0.2) is 16.9 Å². The number of allylic oxidation sites excluding steroid dienone is 1. The Hall–Kier alpha value is -7.98. The predicted octanol–water partition coefficient (Wildman–Crippen LogP) is 1.34. The molecule has 1 aliphatic heterocycles. The number of hydrogen-bond donors (Lipinski definition) is 6. The average Bonchev–Trinajstić information content (AvgIpc) is 4.35. The summed E-state index contributed by atoms with van der Waals surface area (Å²) in [5.41, 5.74) is 4.68. The second-order valence-corrected chi connectivity index (χ2v) is 19.1. The summed E-state index contributed by atoms with van der Waals surface area (Å²) in [7, 11) is 1.86. The number of ketones is 1. The van der Waals surface area contributed by atoms with E-state index < -0.39 is 85.1 Å². The number of esters is 4. The molecular formula is C50H62N12O15. The van der Waals surface area contributed by atoms with E-state index in [1.54, 1.807) is 47.3 Å². The summed E-state index contributed by atoms with van der Waals surface area (Å²) in [5.74, 6) is -3.05. The van der Waals surface area contributed by atoms with Crippen LogP contribution < -0.4 is 11.3 Å². The fourth-order valence-electron chi connectivity index (χ4n) is 7.90. The van der Waals surface area contributed by atoms with E-state index in [4.69, 9.17) is 29.4 Å². The molecule has 6 aromatic rings. The molecule has 27 nitrogen and oxygen atoms in total. The number of anilines is 1. The minimum absolute atomic E-state index is 0.00364.